The van der Waals surface area contributed by atoms with Crippen LogP contribution < -0.4 is 4.74 Å². The first kappa shape index (κ1) is 14.1. The highest BCUT2D eigenvalue weighted by atomic mass is 16.5. The van der Waals surface area contributed by atoms with E-state index in [1.54, 1.807) is 30.3 Å². The molecule has 0 aliphatic carbocycles. The van der Waals surface area contributed by atoms with Gasteiger partial charge in [0.2, 0.25) is 0 Å². The van der Waals surface area contributed by atoms with Crippen LogP contribution in [0.4, 0.5) is 0 Å². The molecule has 0 amide bonds. The van der Waals surface area contributed by atoms with Gasteiger partial charge >= 0.3 is 11.9 Å². The number of rotatable bonds is 4. The molecule has 0 aromatic heterocycles. The summed E-state index contributed by atoms with van der Waals surface area (Å²) in [6.45, 7) is -0.384. The van der Waals surface area contributed by atoms with E-state index in [2.05, 4.69) is 0 Å². The highest BCUT2D eigenvalue weighted by Crippen LogP contribution is 2.31. The van der Waals surface area contributed by atoms with Crippen LogP contribution in [0.15, 0.2) is 48.5 Å². The lowest BCUT2D eigenvalue weighted by Crippen LogP contribution is -2.21. The first-order valence-electron chi connectivity index (χ1n) is 6.87. The van der Waals surface area contributed by atoms with Gasteiger partial charge < -0.3 is 14.6 Å². The number of hydrogen-bond acceptors (Lipinski definition) is 4. The molecule has 5 heteroatoms. The summed E-state index contributed by atoms with van der Waals surface area (Å²) in [5.74, 6) is -0.881. The van der Waals surface area contributed by atoms with E-state index in [1.807, 2.05) is 18.2 Å². The van der Waals surface area contributed by atoms with Gasteiger partial charge in [0.15, 0.2) is 6.61 Å². The Labute approximate surface area is 127 Å². The topological polar surface area (TPSA) is 72.8 Å². The first-order valence-corrected chi connectivity index (χ1v) is 6.87. The zero-order chi connectivity index (χ0) is 15.5. The second-order valence-corrected chi connectivity index (χ2v) is 5.01. The fourth-order valence-corrected chi connectivity index (χ4v) is 2.44. The number of carbonyl (C=O) groups excluding carboxylic acids is 1. The monoisotopic (exact) mass is 298 g/mol. The molecule has 0 fully saturated rings. The maximum absolute atomic E-state index is 12.0. The van der Waals surface area contributed by atoms with Crippen molar-refractivity contribution in [2.75, 3.05) is 6.61 Å². The lowest BCUT2D eigenvalue weighted by Gasteiger charge is -2.25. The molecule has 0 saturated heterocycles. The fraction of sp³-hybridized carbons (Fsp3) is 0.176. The largest absolute Gasteiger partial charge is 0.482 e. The molecule has 2 aromatic carbocycles. The predicted molar refractivity (Wildman–Crippen MR) is 77.9 cm³/mol. The van der Waals surface area contributed by atoms with Crippen LogP contribution in [0.2, 0.25) is 0 Å². The number of aliphatic carboxylic acids is 1. The van der Waals surface area contributed by atoms with E-state index in [9.17, 15) is 9.59 Å². The maximum atomic E-state index is 12.0. The Kier molecular flexibility index (Phi) is 3.78. The van der Waals surface area contributed by atoms with Gasteiger partial charge in [-0.05, 0) is 29.3 Å². The van der Waals surface area contributed by atoms with Crippen molar-refractivity contribution < 1.29 is 24.2 Å². The number of carbonyl (C=O) groups is 2. The van der Waals surface area contributed by atoms with Gasteiger partial charge in [-0.25, -0.2) is 9.59 Å². The van der Waals surface area contributed by atoms with Crippen LogP contribution in [0.25, 0.3) is 0 Å². The smallest absolute Gasteiger partial charge is 0.341 e. The molecule has 1 aliphatic rings. The number of carboxylic acid groups (broad SMARTS) is 1. The van der Waals surface area contributed by atoms with Crippen LogP contribution in [0.3, 0.4) is 0 Å². The second-order valence-electron chi connectivity index (χ2n) is 5.01. The fourth-order valence-electron chi connectivity index (χ4n) is 2.44. The molecule has 1 heterocycles. The molecule has 0 spiro atoms. The minimum Gasteiger partial charge on any atom is -0.482 e. The Morgan fingerprint density at radius 1 is 1.18 bits per heavy atom. The maximum Gasteiger partial charge on any atom is 0.341 e. The van der Waals surface area contributed by atoms with E-state index >= 15 is 0 Å². The van der Waals surface area contributed by atoms with Crippen LogP contribution >= 0.6 is 0 Å². The van der Waals surface area contributed by atoms with Crippen molar-refractivity contribution in [3.8, 4) is 5.75 Å². The normalized spacial score (nSPS) is 16.5. The van der Waals surface area contributed by atoms with Gasteiger partial charge in [-0.1, -0.05) is 30.3 Å². The average molecular weight is 298 g/mol. The minimum absolute atomic E-state index is 0.321. The molecular formula is C17H14O5. The van der Waals surface area contributed by atoms with Crippen molar-refractivity contribution in [1.29, 1.82) is 0 Å². The summed E-state index contributed by atoms with van der Waals surface area (Å²) >= 11 is 0. The van der Waals surface area contributed by atoms with Crippen LogP contribution in [-0.2, 0) is 16.0 Å². The second kappa shape index (κ2) is 5.89. The van der Waals surface area contributed by atoms with Crippen molar-refractivity contribution in [2.24, 2.45) is 0 Å². The average Bonchev–Trinajstić information content (AvgIpc) is 2.53. The lowest BCUT2D eigenvalue weighted by molar-refractivity contribution is -0.139. The molecule has 22 heavy (non-hydrogen) atoms. The zero-order valence-electron chi connectivity index (χ0n) is 11.7. The third-order valence-electron chi connectivity index (χ3n) is 3.51. The van der Waals surface area contributed by atoms with Crippen molar-refractivity contribution in [3.63, 3.8) is 0 Å². The van der Waals surface area contributed by atoms with Crippen LogP contribution in [-0.4, -0.2) is 23.7 Å². The van der Waals surface area contributed by atoms with E-state index < -0.39 is 5.97 Å². The van der Waals surface area contributed by atoms with Gasteiger partial charge in [0, 0.05) is 6.42 Å². The van der Waals surface area contributed by atoms with E-state index in [1.165, 1.54) is 0 Å². The SMILES string of the molecule is O=C(O)COc1ccc(C2Cc3ccccc3C(=O)O2)cc1. The van der Waals surface area contributed by atoms with Crippen molar-refractivity contribution in [1.82, 2.24) is 0 Å². The standard InChI is InChI=1S/C17H14O5/c18-16(19)10-21-13-7-5-11(6-8-13)15-9-12-3-1-2-4-14(12)17(20)22-15/h1-8,15H,9-10H2,(H,18,19). The zero-order valence-corrected chi connectivity index (χ0v) is 11.7. The van der Waals surface area contributed by atoms with Crippen LogP contribution in [0.5, 0.6) is 5.75 Å². The molecule has 3 rings (SSSR count). The lowest BCUT2D eigenvalue weighted by atomic mass is 9.95. The van der Waals surface area contributed by atoms with Crippen molar-refractivity contribution >= 4 is 11.9 Å². The van der Waals surface area contributed by atoms with Gasteiger partial charge in [0.05, 0.1) is 5.56 Å². The summed E-state index contributed by atoms with van der Waals surface area (Å²) in [5, 5.41) is 8.57. The van der Waals surface area contributed by atoms with E-state index in [0.29, 0.717) is 17.7 Å². The molecule has 0 bridgehead atoms. The summed E-state index contributed by atoms with van der Waals surface area (Å²) in [5.41, 5.74) is 2.43. The van der Waals surface area contributed by atoms with E-state index in [-0.39, 0.29) is 18.7 Å². The number of esters is 1. The molecule has 0 saturated carbocycles. The Morgan fingerprint density at radius 2 is 1.91 bits per heavy atom. The summed E-state index contributed by atoms with van der Waals surface area (Å²) in [6, 6.07) is 14.3. The summed E-state index contributed by atoms with van der Waals surface area (Å²) in [4.78, 5) is 22.5. The Balaban J connectivity index is 1.75. The molecule has 2 aromatic rings. The number of carboxylic acids is 1. The number of cyclic esters (lactones) is 1. The van der Waals surface area contributed by atoms with E-state index in [4.69, 9.17) is 14.6 Å². The number of ether oxygens (including phenoxy) is 2. The summed E-state index contributed by atoms with van der Waals surface area (Å²) < 4.78 is 10.5. The van der Waals surface area contributed by atoms with Gasteiger partial charge in [0.1, 0.15) is 11.9 Å². The van der Waals surface area contributed by atoms with Crippen LogP contribution in [0.1, 0.15) is 27.6 Å². The molecule has 1 aliphatic heterocycles. The Bertz CT molecular complexity index is 705. The van der Waals surface area contributed by atoms with Crippen molar-refractivity contribution in [3.05, 3.63) is 65.2 Å². The summed E-state index contributed by atoms with van der Waals surface area (Å²) in [7, 11) is 0. The van der Waals surface area contributed by atoms with Gasteiger partial charge in [-0.15, -0.1) is 0 Å². The summed E-state index contributed by atoms with van der Waals surface area (Å²) in [6.07, 6.45) is 0.285. The third-order valence-corrected chi connectivity index (χ3v) is 3.51. The number of fused-ring (bicyclic) bond motifs is 1. The molecule has 112 valence electrons. The van der Waals surface area contributed by atoms with Gasteiger partial charge in [-0.2, -0.15) is 0 Å². The number of benzene rings is 2. The van der Waals surface area contributed by atoms with Crippen LogP contribution in [0, 0.1) is 0 Å². The third kappa shape index (κ3) is 2.93. The van der Waals surface area contributed by atoms with Gasteiger partial charge in [-0.3, -0.25) is 0 Å². The molecular weight excluding hydrogens is 284 g/mol. The minimum atomic E-state index is -1.03. The highest BCUT2D eigenvalue weighted by molar-refractivity contribution is 5.92. The number of hydrogen-bond donors (Lipinski definition) is 1. The predicted octanol–water partition coefficient (Wildman–Crippen LogP) is 2.60. The molecule has 1 N–H and O–H groups in total. The van der Waals surface area contributed by atoms with Crippen molar-refractivity contribution in [2.45, 2.75) is 12.5 Å². The molecule has 5 nitrogen and oxygen atoms in total. The van der Waals surface area contributed by atoms with E-state index in [0.717, 1.165) is 11.1 Å². The Morgan fingerprint density at radius 3 is 2.64 bits per heavy atom. The molecule has 1 atom stereocenters. The molecule has 0 radical (unpaired) electrons. The molecule has 1 unspecified atom stereocenters. The highest BCUT2D eigenvalue weighted by Gasteiger charge is 2.26. The first-order chi connectivity index (χ1) is 10.6. The van der Waals surface area contributed by atoms with Gasteiger partial charge in [0.25, 0.3) is 0 Å². The quantitative estimate of drug-likeness (QED) is 0.878. The Hall–Kier alpha value is -2.82.